The van der Waals surface area contributed by atoms with Crippen LogP contribution in [0.5, 0.6) is 5.75 Å². The van der Waals surface area contributed by atoms with Crippen molar-refractivity contribution in [1.82, 2.24) is 20.0 Å². The first-order valence-corrected chi connectivity index (χ1v) is 15.8. The topological polar surface area (TPSA) is 82.2 Å². The van der Waals surface area contributed by atoms with Crippen LogP contribution in [0.4, 0.5) is 0 Å². The van der Waals surface area contributed by atoms with Gasteiger partial charge in [-0.05, 0) is 38.8 Å². The molecule has 236 valence electrons. The Morgan fingerprint density at radius 3 is 2.17 bits per heavy atom. The fourth-order valence-electron chi connectivity index (χ4n) is 4.60. The number of piperazine rings is 1. The van der Waals surface area contributed by atoms with Crippen LogP contribution in [-0.2, 0) is 20.9 Å². The number of carbonyl (C=O) groups excluding carboxylic acids is 3. The van der Waals surface area contributed by atoms with Gasteiger partial charge in [0.1, 0.15) is 11.8 Å². The van der Waals surface area contributed by atoms with E-state index in [9.17, 15) is 14.4 Å². The van der Waals surface area contributed by atoms with E-state index in [1.54, 1.807) is 0 Å². The number of hydrogen-bond acceptors (Lipinski definition) is 6. The Kier molecular flexibility index (Phi) is 17.5. The number of allylic oxidation sites excluding steroid dienone is 1. The van der Waals surface area contributed by atoms with Crippen molar-refractivity contribution in [3.8, 4) is 5.75 Å². The minimum Gasteiger partial charge on any atom is -0.483 e. The number of nitrogens with one attached hydrogen (secondary N) is 1. The van der Waals surface area contributed by atoms with E-state index in [0.717, 1.165) is 62.4 Å². The maximum absolute atomic E-state index is 12.7. The van der Waals surface area contributed by atoms with Crippen LogP contribution in [0.1, 0.15) is 98.1 Å². The minimum atomic E-state index is -0.425. The zero-order valence-electron chi connectivity index (χ0n) is 27.4. The molecule has 8 nitrogen and oxygen atoms in total. The van der Waals surface area contributed by atoms with E-state index < -0.39 is 6.04 Å². The van der Waals surface area contributed by atoms with Crippen molar-refractivity contribution in [2.24, 2.45) is 0 Å². The predicted molar refractivity (Wildman–Crippen MR) is 173 cm³/mol. The second-order valence-electron chi connectivity index (χ2n) is 10.6. The fourth-order valence-corrected chi connectivity index (χ4v) is 4.60. The van der Waals surface area contributed by atoms with Crippen LogP contribution in [0.3, 0.4) is 0 Å². The summed E-state index contributed by atoms with van der Waals surface area (Å²) in [7, 11) is 0. The van der Waals surface area contributed by atoms with Gasteiger partial charge in [0, 0.05) is 56.0 Å². The van der Waals surface area contributed by atoms with Crippen molar-refractivity contribution >= 4 is 23.4 Å². The molecule has 1 unspecified atom stereocenters. The standard InChI is InChI=1S/C23H30N4O4.C5H10.C4H10.C2H6/c1-3-9-25-10-12-26(13-11-25)22(29)15-31-20-6-4-5-17-16(2)27(14-18(17)20)19-7-8-21(28)24-23(19)30;1-4-5(2)3;1-3-4-2;1-2/h4-6,19H,2-3,7-15H2,1H3,(H,24,28,30);2,4H2,1,3H3;3-4H2,1-2H3;1-2H3. The van der Waals surface area contributed by atoms with Gasteiger partial charge in [-0.15, -0.1) is 6.58 Å². The third-order valence-electron chi connectivity index (χ3n) is 7.42. The molecule has 3 aliphatic rings. The van der Waals surface area contributed by atoms with E-state index in [4.69, 9.17) is 4.74 Å². The van der Waals surface area contributed by atoms with Crippen molar-refractivity contribution in [1.29, 1.82) is 0 Å². The molecule has 0 aliphatic carbocycles. The van der Waals surface area contributed by atoms with Crippen molar-refractivity contribution in [2.75, 3.05) is 39.3 Å². The van der Waals surface area contributed by atoms with Gasteiger partial charge >= 0.3 is 0 Å². The number of ether oxygens (including phenoxy) is 1. The summed E-state index contributed by atoms with van der Waals surface area (Å²) in [5.41, 5.74) is 3.85. The summed E-state index contributed by atoms with van der Waals surface area (Å²) < 4.78 is 5.94. The van der Waals surface area contributed by atoms with Crippen molar-refractivity contribution in [2.45, 2.75) is 99.6 Å². The molecule has 3 amide bonds. The van der Waals surface area contributed by atoms with E-state index in [1.807, 2.05) is 48.8 Å². The smallest absolute Gasteiger partial charge is 0.260 e. The number of benzene rings is 1. The summed E-state index contributed by atoms with van der Waals surface area (Å²) in [5, 5.41) is 2.41. The molecule has 3 aliphatic heterocycles. The summed E-state index contributed by atoms with van der Waals surface area (Å²) in [4.78, 5) is 42.6. The summed E-state index contributed by atoms with van der Waals surface area (Å²) in [6.45, 7) is 27.3. The van der Waals surface area contributed by atoms with Crippen LogP contribution in [0.2, 0.25) is 0 Å². The minimum absolute atomic E-state index is 0.00484. The third-order valence-corrected chi connectivity index (χ3v) is 7.42. The molecule has 1 atom stereocenters. The van der Waals surface area contributed by atoms with Gasteiger partial charge in [-0.3, -0.25) is 24.6 Å². The molecule has 1 aromatic carbocycles. The number of nitrogens with zero attached hydrogens (tertiary/aromatic N) is 3. The van der Waals surface area contributed by atoms with Crippen LogP contribution in [0, 0.1) is 0 Å². The van der Waals surface area contributed by atoms with Gasteiger partial charge in [0.15, 0.2) is 6.61 Å². The Balaban J connectivity index is 0.000000694. The highest BCUT2D eigenvalue weighted by atomic mass is 16.5. The molecule has 0 saturated carbocycles. The van der Waals surface area contributed by atoms with Gasteiger partial charge in [0.05, 0.1) is 0 Å². The van der Waals surface area contributed by atoms with Gasteiger partial charge in [-0.1, -0.05) is 78.7 Å². The van der Waals surface area contributed by atoms with Crippen LogP contribution < -0.4 is 10.1 Å². The van der Waals surface area contributed by atoms with Crippen LogP contribution in [0.25, 0.3) is 5.70 Å². The number of carbonyl (C=O) groups is 3. The lowest BCUT2D eigenvalue weighted by Gasteiger charge is -2.34. The summed E-state index contributed by atoms with van der Waals surface area (Å²) in [5.74, 6) is 0.116. The van der Waals surface area contributed by atoms with Crippen LogP contribution in [0.15, 0.2) is 36.9 Å². The highest BCUT2D eigenvalue weighted by Crippen LogP contribution is 2.39. The first-order valence-electron chi connectivity index (χ1n) is 15.8. The van der Waals surface area contributed by atoms with Gasteiger partial charge in [0.2, 0.25) is 11.8 Å². The van der Waals surface area contributed by atoms with Crippen molar-refractivity contribution < 1.29 is 19.1 Å². The normalized spacial score (nSPS) is 17.9. The molecule has 1 aromatic rings. The molecule has 8 heteroatoms. The molecule has 0 radical (unpaired) electrons. The maximum atomic E-state index is 12.7. The van der Waals surface area contributed by atoms with E-state index in [-0.39, 0.29) is 24.3 Å². The lowest BCUT2D eigenvalue weighted by molar-refractivity contribution is -0.137. The summed E-state index contributed by atoms with van der Waals surface area (Å²) in [6, 6.07) is 5.26. The number of fused-ring (bicyclic) bond motifs is 1. The Morgan fingerprint density at radius 1 is 1.02 bits per heavy atom. The number of rotatable bonds is 8. The zero-order valence-corrected chi connectivity index (χ0v) is 27.4. The molecular formula is C34H56N4O4. The van der Waals surface area contributed by atoms with Crippen LogP contribution in [-0.4, -0.2) is 77.8 Å². The molecule has 1 N–H and O–H groups in total. The average Bonchev–Trinajstić information content (AvgIpc) is 3.34. The molecule has 3 heterocycles. The monoisotopic (exact) mass is 584 g/mol. The number of piperidine rings is 1. The number of unbranched alkanes of at least 4 members (excludes halogenated alkanes) is 1. The largest absolute Gasteiger partial charge is 0.483 e. The van der Waals surface area contributed by atoms with Gasteiger partial charge in [0.25, 0.3) is 5.91 Å². The molecule has 2 fully saturated rings. The van der Waals surface area contributed by atoms with E-state index in [1.165, 1.54) is 18.4 Å². The van der Waals surface area contributed by atoms with Crippen molar-refractivity contribution in [3.63, 3.8) is 0 Å². The first kappa shape index (κ1) is 36.9. The van der Waals surface area contributed by atoms with Gasteiger partial charge in [-0.25, -0.2) is 0 Å². The van der Waals surface area contributed by atoms with Crippen molar-refractivity contribution in [3.05, 3.63) is 48.1 Å². The molecule has 0 aromatic heterocycles. The Bertz CT molecular complexity index is 1030. The molecule has 4 rings (SSSR count). The maximum Gasteiger partial charge on any atom is 0.260 e. The number of amides is 3. The lowest BCUT2D eigenvalue weighted by atomic mass is 10.0. The third kappa shape index (κ3) is 11.3. The SMILES string of the molecule is C=C(C)CC.C=C1c2cccc(OCC(=O)N3CCN(CCC)CC3)c2CN1C1CCC(=O)NC1=O.CC.CCCC. The highest BCUT2D eigenvalue weighted by Gasteiger charge is 2.37. The quantitative estimate of drug-likeness (QED) is 0.297. The number of imide groups is 1. The van der Waals surface area contributed by atoms with E-state index in [0.29, 0.717) is 25.1 Å². The fraction of sp³-hybridized carbons (Fsp3) is 0.618. The zero-order chi connectivity index (χ0) is 31.7. The average molecular weight is 585 g/mol. The molecule has 2 saturated heterocycles. The first-order chi connectivity index (χ1) is 20.2. The summed E-state index contributed by atoms with van der Waals surface area (Å²) >= 11 is 0. The van der Waals surface area contributed by atoms with E-state index in [2.05, 4.69) is 51.1 Å². The lowest BCUT2D eigenvalue weighted by Crippen LogP contribution is -2.50. The predicted octanol–water partition coefficient (Wildman–Crippen LogP) is 6.02. The second-order valence-corrected chi connectivity index (χ2v) is 10.6. The Hall–Kier alpha value is -3.13. The molecule has 0 spiro atoms. The second kappa shape index (κ2) is 19.9. The number of hydrogen-bond donors (Lipinski definition) is 1. The Morgan fingerprint density at radius 2 is 1.64 bits per heavy atom. The summed E-state index contributed by atoms with van der Waals surface area (Å²) in [6.07, 6.45) is 5.66. The molecule has 0 bridgehead atoms. The Labute approximate surface area is 255 Å². The van der Waals surface area contributed by atoms with E-state index >= 15 is 0 Å². The molecule has 42 heavy (non-hydrogen) atoms. The van der Waals surface area contributed by atoms with Crippen LogP contribution >= 0.6 is 0 Å². The molecular weight excluding hydrogens is 528 g/mol. The highest BCUT2D eigenvalue weighted by molar-refractivity contribution is 6.01. The van der Waals surface area contributed by atoms with Gasteiger partial charge in [-0.2, -0.15) is 0 Å². The van der Waals surface area contributed by atoms with Gasteiger partial charge < -0.3 is 14.5 Å².